The van der Waals surface area contributed by atoms with Crippen LogP contribution in [-0.2, 0) is 14.3 Å². The molecule has 5 nitrogen and oxygen atoms in total. The Hall–Kier alpha value is -2.56. The number of aromatic hydroxyl groups is 1. The van der Waals surface area contributed by atoms with E-state index in [4.69, 9.17) is 4.74 Å². The maximum absolute atomic E-state index is 13.1. The predicted molar refractivity (Wildman–Crippen MR) is 103 cm³/mol. The summed E-state index contributed by atoms with van der Waals surface area (Å²) in [6, 6.07) is 6.68. The summed E-state index contributed by atoms with van der Waals surface area (Å²) in [6.45, 7) is 9.61. The highest BCUT2D eigenvalue weighted by atomic mass is 16.5. The molecule has 0 radical (unpaired) electrons. The molecule has 2 N–H and O–H groups in total. The van der Waals surface area contributed by atoms with Crippen LogP contribution in [0.3, 0.4) is 0 Å². The minimum atomic E-state index is -0.489. The van der Waals surface area contributed by atoms with E-state index in [9.17, 15) is 14.7 Å². The summed E-state index contributed by atoms with van der Waals surface area (Å²) in [7, 11) is 0. The second kappa shape index (κ2) is 6.87. The Morgan fingerprint density at radius 1 is 1.22 bits per heavy atom. The molecule has 1 atom stereocenters. The van der Waals surface area contributed by atoms with Crippen molar-refractivity contribution in [2.24, 2.45) is 5.41 Å². The van der Waals surface area contributed by atoms with Gasteiger partial charge in [-0.05, 0) is 50.3 Å². The van der Waals surface area contributed by atoms with Crippen LogP contribution in [0.25, 0.3) is 0 Å². The molecule has 1 unspecified atom stereocenters. The quantitative estimate of drug-likeness (QED) is 0.789. The molecule has 1 aliphatic carbocycles. The molecular weight excluding hydrogens is 342 g/mol. The van der Waals surface area contributed by atoms with E-state index < -0.39 is 11.9 Å². The SMILES string of the molecule is CC1=C(C(=O)OC(C)C)C(c2ccc(O)cc2)C2=C(CC(C)(C)CC2=O)N1. The van der Waals surface area contributed by atoms with Crippen molar-refractivity contribution in [1.82, 2.24) is 5.32 Å². The number of ketones is 1. The number of Topliss-reactive ketones (excluding diaryl/α,β-unsaturated/α-hetero) is 1. The highest BCUT2D eigenvalue weighted by Crippen LogP contribution is 2.46. The molecule has 1 heterocycles. The second-order valence-electron chi connectivity index (χ2n) is 8.48. The lowest BCUT2D eigenvalue weighted by molar-refractivity contribution is -0.143. The van der Waals surface area contributed by atoms with Crippen LogP contribution in [0.2, 0.25) is 0 Å². The van der Waals surface area contributed by atoms with Gasteiger partial charge in [0, 0.05) is 29.3 Å². The lowest BCUT2D eigenvalue weighted by atomic mass is 9.68. The first kappa shape index (κ1) is 19.2. The normalized spacial score (nSPS) is 21.9. The second-order valence-corrected chi connectivity index (χ2v) is 8.48. The van der Waals surface area contributed by atoms with Crippen LogP contribution >= 0.6 is 0 Å². The summed E-state index contributed by atoms with van der Waals surface area (Å²) in [5.41, 5.74) is 3.36. The average Bonchev–Trinajstić information content (AvgIpc) is 2.52. The van der Waals surface area contributed by atoms with Gasteiger partial charge in [0.2, 0.25) is 0 Å². The van der Waals surface area contributed by atoms with Crippen molar-refractivity contribution in [2.75, 3.05) is 0 Å². The summed E-state index contributed by atoms with van der Waals surface area (Å²) >= 11 is 0. The van der Waals surface area contributed by atoms with E-state index in [2.05, 4.69) is 19.2 Å². The minimum Gasteiger partial charge on any atom is -0.508 e. The van der Waals surface area contributed by atoms with Crippen molar-refractivity contribution in [3.8, 4) is 5.75 Å². The molecule has 1 aliphatic heterocycles. The third-order valence-electron chi connectivity index (χ3n) is 5.03. The fourth-order valence-electron chi connectivity index (χ4n) is 3.98. The third-order valence-corrected chi connectivity index (χ3v) is 5.03. The Labute approximate surface area is 160 Å². The molecule has 5 heteroatoms. The van der Waals surface area contributed by atoms with Gasteiger partial charge in [0.1, 0.15) is 5.75 Å². The Morgan fingerprint density at radius 3 is 2.44 bits per heavy atom. The van der Waals surface area contributed by atoms with E-state index in [1.807, 2.05) is 6.92 Å². The Bertz CT molecular complexity index is 844. The van der Waals surface area contributed by atoms with E-state index in [0.29, 0.717) is 23.3 Å². The summed E-state index contributed by atoms with van der Waals surface area (Å²) in [5.74, 6) is -0.715. The van der Waals surface area contributed by atoms with Gasteiger partial charge < -0.3 is 15.2 Å². The third kappa shape index (κ3) is 3.77. The predicted octanol–water partition coefficient (Wildman–Crippen LogP) is 3.95. The number of dihydropyridines is 1. The number of hydrogen-bond acceptors (Lipinski definition) is 5. The molecule has 2 aliphatic rings. The number of phenolic OH excluding ortho intramolecular Hbond substituents is 1. The Kier molecular flexibility index (Phi) is 4.89. The van der Waals surface area contributed by atoms with Gasteiger partial charge in [-0.15, -0.1) is 0 Å². The van der Waals surface area contributed by atoms with E-state index in [-0.39, 0.29) is 23.1 Å². The molecule has 144 valence electrons. The minimum absolute atomic E-state index is 0.0502. The molecule has 1 aromatic carbocycles. The van der Waals surface area contributed by atoms with Crippen molar-refractivity contribution in [3.05, 3.63) is 52.4 Å². The van der Waals surface area contributed by atoms with E-state index >= 15 is 0 Å². The van der Waals surface area contributed by atoms with Crippen LogP contribution in [0.15, 0.2) is 46.8 Å². The Balaban J connectivity index is 2.15. The summed E-state index contributed by atoms with van der Waals surface area (Å²) in [6.07, 6.45) is 0.926. The number of rotatable bonds is 3. The Morgan fingerprint density at radius 2 is 1.85 bits per heavy atom. The maximum atomic E-state index is 13.1. The van der Waals surface area contributed by atoms with E-state index in [1.165, 1.54) is 0 Å². The number of esters is 1. The van der Waals surface area contributed by atoms with Crippen molar-refractivity contribution < 1.29 is 19.4 Å². The summed E-state index contributed by atoms with van der Waals surface area (Å²) < 4.78 is 5.47. The number of ether oxygens (including phenoxy) is 1. The van der Waals surface area contributed by atoms with Crippen molar-refractivity contribution >= 4 is 11.8 Å². The largest absolute Gasteiger partial charge is 0.508 e. The van der Waals surface area contributed by atoms with Gasteiger partial charge in [0.05, 0.1) is 11.7 Å². The first-order chi connectivity index (χ1) is 12.6. The highest BCUT2D eigenvalue weighted by molar-refractivity contribution is 6.04. The number of phenols is 1. The summed E-state index contributed by atoms with van der Waals surface area (Å²) in [5, 5.41) is 13.0. The zero-order valence-electron chi connectivity index (χ0n) is 16.6. The fourth-order valence-corrected chi connectivity index (χ4v) is 3.98. The lowest BCUT2D eigenvalue weighted by Gasteiger charge is -2.39. The van der Waals surface area contributed by atoms with Gasteiger partial charge in [-0.1, -0.05) is 26.0 Å². The number of carbonyl (C=O) groups excluding carboxylic acids is 2. The fraction of sp³-hybridized carbons (Fsp3) is 0.455. The molecule has 3 rings (SSSR count). The van der Waals surface area contributed by atoms with Gasteiger partial charge >= 0.3 is 5.97 Å². The molecule has 1 aromatic rings. The zero-order chi connectivity index (χ0) is 19.9. The van der Waals surface area contributed by atoms with Crippen molar-refractivity contribution in [2.45, 2.75) is 59.5 Å². The first-order valence-electron chi connectivity index (χ1n) is 9.33. The smallest absolute Gasteiger partial charge is 0.337 e. The van der Waals surface area contributed by atoms with Gasteiger partial charge in [-0.3, -0.25) is 4.79 Å². The monoisotopic (exact) mass is 369 g/mol. The topological polar surface area (TPSA) is 75.6 Å². The zero-order valence-corrected chi connectivity index (χ0v) is 16.6. The molecule has 0 saturated carbocycles. The summed E-state index contributed by atoms with van der Waals surface area (Å²) in [4.78, 5) is 25.9. The van der Waals surface area contributed by atoms with Crippen LogP contribution in [0.4, 0.5) is 0 Å². The van der Waals surface area contributed by atoms with E-state index in [1.54, 1.807) is 38.1 Å². The maximum Gasteiger partial charge on any atom is 0.337 e. The molecular formula is C22H27NO4. The molecule has 27 heavy (non-hydrogen) atoms. The van der Waals surface area contributed by atoms with Gasteiger partial charge in [-0.25, -0.2) is 4.79 Å². The average molecular weight is 369 g/mol. The van der Waals surface area contributed by atoms with Gasteiger partial charge in [-0.2, -0.15) is 0 Å². The number of hydrogen-bond donors (Lipinski definition) is 2. The van der Waals surface area contributed by atoms with Gasteiger partial charge in [0.15, 0.2) is 5.78 Å². The van der Waals surface area contributed by atoms with Crippen LogP contribution in [0.1, 0.15) is 58.9 Å². The van der Waals surface area contributed by atoms with Gasteiger partial charge in [0.25, 0.3) is 0 Å². The van der Waals surface area contributed by atoms with Crippen molar-refractivity contribution in [1.29, 1.82) is 0 Å². The molecule has 0 bridgehead atoms. The molecule has 0 spiro atoms. The molecule has 0 fully saturated rings. The van der Waals surface area contributed by atoms with Crippen LogP contribution in [0.5, 0.6) is 5.75 Å². The van der Waals surface area contributed by atoms with Crippen LogP contribution in [0, 0.1) is 5.41 Å². The number of carbonyl (C=O) groups is 2. The number of benzene rings is 1. The standard InChI is InChI=1S/C22H27NO4/c1-12(2)27-21(26)18-13(3)23-16-10-22(4,5)11-17(25)20(16)19(18)14-6-8-15(24)9-7-14/h6-9,12,19,23-24H,10-11H2,1-5H3. The van der Waals surface area contributed by atoms with Crippen molar-refractivity contribution in [3.63, 3.8) is 0 Å². The lowest BCUT2D eigenvalue weighted by Crippen LogP contribution is -2.39. The van der Waals surface area contributed by atoms with Crippen LogP contribution in [-0.4, -0.2) is 23.0 Å². The highest BCUT2D eigenvalue weighted by Gasteiger charge is 2.43. The number of nitrogens with one attached hydrogen (secondary N) is 1. The first-order valence-corrected chi connectivity index (χ1v) is 9.33. The number of allylic oxidation sites excluding steroid dienone is 3. The van der Waals surface area contributed by atoms with Crippen LogP contribution < -0.4 is 5.32 Å². The molecule has 0 amide bonds. The molecule has 0 saturated heterocycles. The van der Waals surface area contributed by atoms with E-state index in [0.717, 1.165) is 17.7 Å². The molecule has 0 aromatic heterocycles.